The van der Waals surface area contributed by atoms with E-state index in [1.807, 2.05) is 0 Å². The number of fused-ring (bicyclic) bond motifs is 1. The molecule has 1 aromatic carbocycles. The minimum absolute atomic E-state index is 0.0350. The van der Waals surface area contributed by atoms with E-state index in [1.54, 1.807) is 0 Å². The molecule has 1 unspecified atom stereocenters. The summed E-state index contributed by atoms with van der Waals surface area (Å²) in [5.74, 6) is 0.329. The van der Waals surface area contributed by atoms with Crippen molar-refractivity contribution >= 4 is 11.7 Å². The van der Waals surface area contributed by atoms with Gasteiger partial charge in [0.25, 0.3) is 0 Å². The van der Waals surface area contributed by atoms with E-state index in [2.05, 4.69) is 50.8 Å². The summed E-state index contributed by atoms with van der Waals surface area (Å²) in [5, 5.41) is 0. The normalized spacial score (nSPS) is 20.9. The molecule has 0 spiro atoms. The highest BCUT2D eigenvalue weighted by Crippen LogP contribution is 2.44. The molecule has 0 fully saturated rings. The van der Waals surface area contributed by atoms with Crippen LogP contribution in [0.4, 0.5) is 5.69 Å². The summed E-state index contributed by atoms with van der Waals surface area (Å²) < 4.78 is 4.85. The number of benzene rings is 1. The maximum absolute atomic E-state index is 11.7. The summed E-state index contributed by atoms with van der Waals surface area (Å²) in [6.07, 6.45) is 1.04. The molecule has 1 aliphatic rings. The first-order valence-corrected chi connectivity index (χ1v) is 6.81. The van der Waals surface area contributed by atoms with Crippen molar-refractivity contribution in [1.29, 1.82) is 0 Å². The molecule has 0 radical (unpaired) electrons. The highest BCUT2D eigenvalue weighted by molar-refractivity contribution is 5.78. The lowest BCUT2D eigenvalue weighted by molar-refractivity contribution is -0.139. The van der Waals surface area contributed by atoms with Crippen molar-refractivity contribution in [2.75, 3.05) is 18.6 Å². The Morgan fingerprint density at radius 1 is 1.47 bits per heavy atom. The van der Waals surface area contributed by atoms with Crippen LogP contribution in [0.25, 0.3) is 0 Å². The second-order valence-electron chi connectivity index (χ2n) is 6.09. The predicted molar refractivity (Wildman–Crippen MR) is 77.7 cm³/mol. The predicted octanol–water partition coefficient (Wildman–Crippen LogP) is 3.26. The molecule has 1 heterocycles. The van der Waals surface area contributed by atoms with Crippen molar-refractivity contribution in [2.45, 2.75) is 45.6 Å². The van der Waals surface area contributed by atoms with Crippen LogP contribution in [0.3, 0.4) is 0 Å². The van der Waals surface area contributed by atoms with Crippen LogP contribution in [0.2, 0.25) is 0 Å². The summed E-state index contributed by atoms with van der Waals surface area (Å²) in [7, 11) is 1.45. The number of hydrogen-bond acceptors (Lipinski definition) is 3. The average Bonchev–Trinajstić information content (AvgIpc) is 2.33. The zero-order valence-electron chi connectivity index (χ0n) is 12.5. The van der Waals surface area contributed by atoms with Gasteiger partial charge in [-0.15, -0.1) is 0 Å². The number of carbonyl (C=O) groups is 1. The Hall–Kier alpha value is -1.51. The Morgan fingerprint density at radius 3 is 2.79 bits per heavy atom. The lowest BCUT2D eigenvalue weighted by Gasteiger charge is -2.47. The monoisotopic (exact) mass is 261 g/mol. The smallest absolute Gasteiger partial charge is 0.325 e. The zero-order chi connectivity index (χ0) is 14.2. The van der Waals surface area contributed by atoms with Gasteiger partial charge in [0, 0.05) is 11.2 Å². The molecular weight excluding hydrogens is 238 g/mol. The first kappa shape index (κ1) is 13.9. The van der Waals surface area contributed by atoms with Gasteiger partial charge >= 0.3 is 5.97 Å². The van der Waals surface area contributed by atoms with Gasteiger partial charge in [0.15, 0.2) is 0 Å². The summed E-state index contributed by atoms with van der Waals surface area (Å²) >= 11 is 0. The fourth-order valence-electron chi connectivity index (χ4n) is 3.21. The van der Waals surface area contributed by atoms with Gasteiger partial charge in [-0.2, -0.15) is 0 Å². The number of esters is 1. The van der Waals surface area contributed by atoms with Crippen LogP contribution in [-0.2, 0) is 9.53 Å². The van der Waals surface area contributed by atoms with Gasteiger partial charge in [-0.05, 0) is 44.2 Å². The van der Waals surface area contributed by atoms with Crippen molar-refractivity contribution in [3.63, 3.8) is 0 Å². The molecule has 0 saturated carbocycles. The lowest BCUT2D eigenvalue weighted by Crippen LogP contribution is -2.51. The number of methoxy groups -OCH3 is 1. The Bertz CT molecular complexity index is 494. The number of rotatable bonds is 2. The molecule has 104 valence electrons. The minimum atomic E-state index is -0.183. The van der Waals surface area contributed by atoms with Gasteiger partial charge in [-0.25, -0.2) is 0 Å². The van der Waals surface area contributed by atoms with Crippen LogP contribution in [0.15, 0.2) is 18.2 Å². The van der Waals surface area contributed by atoms with Gasteiger partial charge in [0.1, 0.15) is 6.54 Å². The number of ether oxygens (including phenoxy) is 1. The topological polar surface area (TPSA) is 29.5 Å². The van der Waals surface area contributed by atoms with Crippen LogP contribution in [0.5, 0.6) is 0 Å². The molecular formula is C16H23NO2. The van der Waals surface area contributed by atoms with Gasteiger partial charge < -0.3 is 9.64 Å². The van der Waals surface area contributed by atoms with E-state index < -0.39 is 0 Å². The minimum Gasteiger partial charge on any atom is -0.468 e. The van der Waals surface area contributed by atoms with Crippen LogP contribution < -0.4 is 4.90 Å². The maximum Gasteiger partial charge on any atom is 0.325 e. The third-order valence-electron chi connectivity index (χ3n) is 4.12. The summed E-state index contributed by atoms with van der Waals surface area (Å²) in [6, 6.07) is 6.38. The van der Waals surface area contributed by atoms with Crippen LogP contribution in [-0.4, -0.2) is 25.2 Å². The van der Waals surface area contributed by atoms with E-state index >= 15 is 0 Å². The number of nitrogens with zero attached hydrogens (tertiary/aromatic N) is 1. The molecule has 19 heavy (non-hydrogen) atoms. The van der Waals surface area contributed by atoms with Crippen molar-refractivity contribution < 1.29 is 9.53 Å². The highest BCUT2D eigenvalue weighted by Gasteiger charge is 2.38. The van der Waals surface area contributed by atoms with E-state index in [4.69, 9.17) is 4.74 Å². The Labute approximate surface area is 115 Å². The van der Waals surface area contributed by atoms with E-state index in [0.717, 1.165) is 6.42 Å². The molecule has 0 aliphatic carbocycles. The molecule has 0 saturated heterocycles. The molecule has 0 amide bonds. The van der Waals surface area contributed by atoms with E-state index in [0.29, 0.717) is 12.5 Å². The fourth-order valence-corrected chi connectivity index (χ4v) is 3.21. The van der Waals surface area contributed by atoms with E-state index in [-0.39, 0.29) is 11.5 Å². The molecule has 3 heteroatoms. The zero-order valence-corrected chi connectivity index (χ0v) is 12.5. The standard InChI is InChI=1S/C16H23NO2/c1-11-7-6-8-13-12(2)9-16(3,4)17(15(11)13)10-14(18)19-5/h6-8,12H,9-10H2,1-5H3. The molecule has 3 nitrogen and oxygen atoms in total. The van der Waals surface area contributed by atoms with Crippen LogP contribution >= 0.6 is 0 Å². The van der Waals surface area contributed by atoms with Gasteiger partial charge in [-0.1, -0.05) is 25.1 Å². The molecule has 1 atom stereocenters. The Balaban J connectivity index is 2.51. The molecule has 0 bridgehead atoms. The summed E-state index contributed by atoms with van der Waals surface area (Å²) in [5.41, 5.74) is 3.73. The van der Waals surface area contributed by atoms with Crippen molar-refractivity contribution in [1.82, 2.24) is 0 Å². The largest absolute Gasteiger partial charge is 0.468 e. The number of para-hydroxylation sites is 1. The number of hydrogen-bond donors (Lipinski definition) is 0. The Kier molecular flexibility index (Phi) is 3.57. The number of anilines is 1. The van der Waals surface area contributed by atoms with Gasteiger partial charge in [0.05, 0.1) is 7.11 Å². The quantitative estimate of drug-likeness (QED) is 0.765. The summed E-state index contributed by atoms with van der Waals surface area (Å²) in [4.78, 5) is 13.9. The first-order chi connectivity index (χ1) is 8.86. The van der Waals surface area contributed by atoms with Gasteiger partial charge in [0.2, 0.25) is 0 Å². The van der Waals surface area contributed by atoms with Gasteiger partial charge in [-0.3, -0.25) is 4.79 Å². The fraction of sp³-hybridized carbons (Fsp3) is 0.562. The molecule has 1 aromatic rings. The van der Waals surface area contributed by atoms with E-state index in [9.17, 15) is 4.79 Å². The van der Waals surface area contributed by atoms with Crippen molar-refractivity contribution in [2.24, 2.45) is 0 Å². The molecule has 2 rings (SSSR count). The van der Waals surface area contributed by atoms with E-state index in [1.165, 1.54) is 23.9 Å². The third kappa shape index (κ3) is 2.46. The molecule has 0 N–H and O–H groups in total. The third-order valence-corrected chi connectivity index (χ3v) is 4.12. The van der Waals surface area contributed by atoms with Crippen LogP contribution in [0.1, 0.15) is 44.2 Å². The average molecular weight is 261 g/mol. The second-order valence-corrected chi connectivity index (χ2v) is 6.09. The second kappa shape index (κ2) is 4.87. The first-order valence-electron chi connectivity index (χ1n) is 6.81. The molecule has 0 aromatic heterocycles. The van der Waals surface area contributed by atoms with Crippen LogP contribution in [0, 0.1) is 6.92 Å². The maximum atomic E-state index is 11.7. The number of carbonyl (C=O) groups excluding carboxylic acids is 1. The van der Waals surface area contributed by atoms with Crippen molar-refractivity contribution in [3.8, 4) is 0 Å². The molecule has 1 aliphatic heterocycles. The Morgan fingerprint density at radius 2 is 2.16 bits per heavy atom. The summed E-state index contributed by atoms with van der Waals surface area (Å²) in [6.45, 7) is 9.07. The highest BCUT2D eigenvalue weighted by atomic mass is 16.5. The van der Waals surface area contributed by atoms with Crippen molar-refractivity contribution in [3.05, 3.63) is 29.3 Å². The number of aryl methyl sites for hydroxylation is 1. The lowest BCUT2D eigenvalue weighted by atomic mass is 9.79. The SMILES string of the molecule is COC(=O)CN1c2c(C)cccc2C(C)CC1(C)C.